The molecule has 4 amide bonds. The molecular weight excluding hydrogens is 588 g/mol. The van der Waals surface area contributed by atoms with Crippen molar-refractivity contribution in [2.24, 2.45) is 17.1 Å². The van der Waals surface area contributed by atoms with E-state index < -0.39 is 33.2 Å². The van der Waals surface area contributed by atoms with Crippen LogP contribution in [0.5, 0.6) is 0 Å². The Morgan fingerprint density at radius 2 is 1.68 bits per heavy atom. The van der Waals surface area contributed by atoms with Gasteiger partial charge in [-0.2, -0.15) is 0 Å². The summed E-state index contributed by atoms with van der Waals surface area (Å²) in [6.07, 6.45) is 2.46. The van der Waals surface area contributed by atoms with Crippen LogP contribution in [0.2, 0.25) is 0 Å². The fourth-order valence-corrected chi connectivity index (χ4v) is 4.86. The molecule has 2 atom stereocenters. The molecule has 5 N–H and O–H groups in total. The van der Waals surface area contributed by atoms with Gasteiger partial charge in [-0.05, 0) is 70.6 Å². The Labute approximate surface area is 260 Å². The Bertz CT molecular complexity index is 1240. The van der Waals surface area contributed by atoms with Crippen LogP contribution in [0, 0.1) is 11.3 Å². The summed E-state index contributed by atoms with van der Waals surface area (Å²) in [5.41, 5.74) is 5.74. The van der Waals surface area contributed by atoms with E-state index in [1.165, 1.54) is 0 Å². The van der Waals surface area contributed by atoms with Crippen LogP contribution in [0.25, 0.3) is 0 Å². The van der Waals surface area contributed by atoms with Crippen molar-refractivity contribution in [1.82, 2.24) is 10.6 Å². The number of anilines is 1. The lowest BCUT2D eigenvalue weighted by Crippen LogP contribution is -2.42. The molecule has 0 spiro atoms. The van der Waals surface area contributed by atoms with E-state index in [-0.39, 0.29) is 61.7 Å². The average molecular weight is 637 g/mol. The average Bonchev–Trinajstić information content (AvgIpc) is 2.95. The number of unbranched alkanes of at least 4 members (excludes halogenated alkanes) is 2. The van der Waals surface area contributed by atoms with E-state index in [0.717, 1.165) is 11.0 Å². The van der Waals surface area contributed by atoms with Gasteiger partial charge in [-0.25, -0.2) is 13.2 Å². The highest BCUT2D eigenvalue weighted by Gasteiger charge is 2.27. The highest BCUT2D eigenvalue weighted by atomic mass is 32.2. The van der Waals surface area contributed by atoms with Crippen molar-refractivity contribution < 1.29 is 37.1 Å². The first-order chi connectivity index (χ1) is 20.6. The summed E-state index contributed by atoms with van der Waals surface area (Å²) in [6.45, 7) is 10.7. The SMILES string of the molecule is C=CS(=O)(=O)CCCCCC(=O)N[C@H](CC)C(=O)C[C@H](CCCNC(N)=O)C(=O)Nc1ccc(COC(=O)C(C)(C)C)cc1. The fraction of sp³-hybridized carbons (Fsp3) is 0.581. The first kappa shape index (κ1) is 38.3. The van der Waals surface area contributed by atoms with Crippen LogP contribution in [0.1, 0.15) is 84.6 Å². The molecule has 0 fully saturated rings. The molecule has 0 aliphatic rings. The number of benzene rings is 1. The minimum atomic E-state index is -3.27. The number of urea groups is 1. The predicted molar refractivity (Wildman–Crippen MR) is 169 cm³/mol. The van der Waals surface area contributed by atoms with E-state index >= 15 is 0 Å². The number of ketones is 1. The Morgan fingerprint density at radius 1 is 1.02 bits per heavy atom. The largest absolute Gasteiger partial charge is 0.460 e. The molecule has 0 aromatic heterocycles. The molecule has 13 heteroatoms. The van der Waals surface area contributed by atoms with Crippen molar-refractivity contribution in [1.29, 1.82) is 0 Å². The van der Waals surface area contributed by atoms with Gasteiger partial charge >= 0.3 is 12.0 Å². The van der Waals surface area contributed by atoms with Crippen molar-refractivity contribution in [2.45, 2.75) is 91.7 Å². The summed E-state index contributed by atoms with van der Waals surface area (Å²) in [5.74, 6) is -2.09. The Kier molecular flexibility index (Phi) is 16.4. The molecule has 0 saturated heterocycles. The minimum Gasteiger partial charge on any atom is -0.460 e. The van der Waals surface area contributed by atoms with Crippen LogP contribution in [-0.4, -0.2) is 56.4 Å². The van der Waals surface area contributed by atoms with Crippen molar-refractivity contribution in [3.63, 3.8) is 0 Å². The molecule has 0 saturated carbocycles. The van der Waals surface area contributed by atoms with Gasteiger partial charge in [0.1, 0.15) is 6.61 Å². The van der Waals surface area contributed by atoms with Gasteiger partial charge in [-0.15, -0.1) is 0 Å². The molecule has 0 unspecified atom stereocenters. The zero-order valence-corrected chi connectivity index (χ0v) is 27.1. The third-order valence-corrected chi connectivity index (χ3v) is 8.14. The van der Waals surface area contributed by atoms with E-state index in [1.54, 1.807) is 52.0 Å². The zero-order chi connectivity index (χ0) is 33.3. The summed E-state index contributed by atoms with van der Waals surface area (Å²) in [7, 11) is -3.27. The van der Waals surface area contributed by atoms with Gasteiger partial charge in [0.2, 0.25) is 11.8 Å². The van der Waals surface area contributed by atoms with E-state index in [4.69, 9.17) is 10.5 Å². The molecule has 0 aliphatic heterocycles. The third kappa shape index (κ3) is 15.6. The highest BCUT2D eigenvalue weighted by Crippen LogP contribution is 2.20. The summed E-state index contributed by atoms with van der Waals surface area (Å²) >= 11 is 0. The summed E-state index contributed by atoms with van der Waals surface area (Å²) in [6, 6.07) is 5.33. The summed E-state index contributed by atoms with van der Waals surface area (Å²) in [4.78, 5) is 61.9. The number of nitrogens with one attached hydrogen (secondary N) is 3. The number of hydrogen-bond donors (Lipinski definition) is 4. The Hall–Kier alpha value is -3.74. The summed E-state index contributed by atoms with van der Waals surface area (Å²) in [5, 5.41) is 8.94. The van der Waals surface area contributed by atoms with Gasteiger partial charge in [-0.3, -0.25) is 19.2 Å². The van der Waals surface area contributed by atoms with Gasteiger partial charge in [0.25, 0.3) is 0 Å². The molecule has 1 rings (SSSR count). The van der Waals surface area contributed by atoms with Crippen molar-refractivity contribution in [2.75, 3.05) is 17.6 Å². The second kappa shape index (κ2) is 18.8. The molecule has 0 heterocycles. The summed E-state index contributed by atoms with van der Waals surface area (Å²) < 4.78 is 28.3. The smallest absolute Gasteiger partial charge is 0.312 e. The normalized spacial score (nSPS) is 12.8. The minimum absolute atomic E-state index is 0.0242. The highest BCUT2D eigenvalue weighted by molar-refractivity contribution is 7.94. The zero-order valence-electron chi connectivity index (χ0n) is 26.3. The van der Waals surface area contributed by atoms with Gasteiger partial charge < -0.3 is 26.4 Å². The number of primary amides is 1. The molecule has 0 radical (unpaired) electrons. The lowest BCUT2D eigenvalue weighted by molar-refractivity contribution is -0.154. The number of ether oxygens (including phenoxy) is 1. The third-order valence-electron chi connectivity index (χ3n) is 6.77. The fourth-order valence-electron chi connectivity index (χ4n) is 4.09. The Morgan fingerprint density at radius 3 is 2.25 bits per heavy atom. The van der Waals surface area contributed by atoms with Crippen LogP contribution in [0.15, 0.2) is 36.3 Å². The molecule has 0 aliphatic carbocycles. The van der Waals surface area contributed by atoms with Crippen LogP contribution in [0.4, 0.5) is 10.5 Å². The number of nitrogens with two attached hydrogens (primary N) is 1. The van der Waals surface area contributed by atoms with E-state index in [9.17, 15) is 32.4 Å². The van der Waals surface area contributed by atoms with Crippen molar-refractivity contribution >= 4 is 45.1 Å². The quantitative estimate of drug-likeness (QED) is 0.123. The van der Waals surface area contributed by atoms with Crippen molar-refractivity contribution in [3.8, 4) is 0 Å². The molecule has 246 valence electrons. The molecule has 1 aromatic carbocycles. The van der Waals surface area contributed by atoms with Gasteiger partial charge in [0.15, 0.2) is 15.6 Å². The van der Waals surface area contributed by atoms with E-state index in [0.29, 0.717) is 37.8 Å². The maximum Gasteiger partial charge on any atom is 0.312 e. The van der Waals surface area contributed by atoms with Crippen molar-refractivity contribution in [3.05, 3.63) is 41.8 Å². The van der Waals surface area contributed by atoms with Gasteiger partial charge in [0.05, 0.1) is 17.2 Å². The van der Waals surface area contributed by atoms with Crippen LogP contribution < -0.4 is 21.7 Å². The molecule has 12 nitrogen and oxygen atoms in total. The lowest BCUT2D eigenvalue weighted by Gasteiger charge is -2.21. The van der Waals surface area contributed by atoms with E-state index in [2.05, 4.69) is 22.5 Å². The maximum atomic E-state index is 13.2. The van der Waals surface area contributed by atoms with Crippen LogP contribution in [0.3, 0.4) is 0 Å². The standard InChI is InChI=1S/C31H48N4O8S/c1-6-25(35-27(37)13-9-8-10-19-44(41,42)7-2)26(36)20-23(12-11-18-33-30(32)40)28(38)34-24-16-14-22(15-17-24)21-43-29(39)31(3,4)5/h7,14-17,23,25H,2,6,8-13,18-21H2,1,3-5H3,(H,34,38)(H,35,37)(H3,32,33,40)/t23-,25+/m0/s1. The number of carbonyl (C=O) groups is 5. The Balaban J connectivity index is 2.78. The topological polar surface area (TPSA) is 191 Å². The van der Waals surface area contributed by atoms with Gasteiger partial charge in [0, 0.05) is 36.4 Å². The van der Waals surface area contributed by atoms with E-state index in [1.807, 2.05) is 0 Å². The number of amides is 4. The monoisotopic (exact) mass is 636 g/mol. The predicted octanol–water partition coefficient (Wildman–Crippen LogP) is 3.75. The van der Waals surface area contributed by atoms with Gasteiger partial charge in [-0.1, -0.05) is 32.1 Å². The molecule has 0 bridgehead atoms. The number of hydrogen-bond acceptors (Lipinski definition) is 8. The number of Topliss-reactive ketones (excluding diaryl/α,β-unsaturated/α-hetero) is 1. The lowest BCUT2D eigenvalue weighted by atomic mass is 9.92. The molecule has 1 aromatic rings. The molecule has 44 heavy (non-hydrogen) atoms. The van der Waals surface area contributed by atoms with Crippen LogP contribution in [-0.2, 0) is 40.4 Å². The second-order valence-corrected chi connectivity index (χ2v) is 13.8. The number of carbonyl (C=O) groups excluding carboxylic acids is 5. The first-order valence-corrected chi connectivity index (χ1v) is 16.6. The second-order valence-electron chi connectivity index (χ2n) is 11.7. The number of sulfone groups is 1. The number of rotatable bonds is 20. The molecular formula is C31H48N4O8S. The van der Waals surface area contributed by atoms with Crippen LogP contribution >= 0.6 is 0 Å². The number of esters is 1. The first-order valence-electron chi connectivity index (χ1n) is 14.9. The maximum absolute atomic E-state index is 13.2.